The zero-order valence-corrected chi connectivity index (χ0v) is 15.3. The van der Waals surface area contributed by atoms with E-state index in [0.29, 0.717) is 22.6 Å². The molecule has 0 aliphatic heterocycles. The standard InChI is InChI=1S/C20H19F2N3O3/c1-13(25-10-9-23-12-25)19(26)24-15-5-8-18(28-20(21)22)17(11-15)14-3-6-16(27-2)7-4-14/h3-13,20H,1-2H3,(H,24,26). The normalized spacial score (nSPS) is 11.9. The number of carbonyl (C=O) groups excluding carboxylic acids is 1. The summed E-state index contributed by atoms with van der Waals surface area (Å²) in [4.78, 5) is 16.4. The lowest BCUT2D eigenvalue weighted by Crippen LogP contribution is -2.22. The maximum Gasteiger partial charge on any atom is 0.387 e. The Balaban J connectivity index is 1.89. The molecule has 146 valence electrons. The quantitative estimate of drug-likeness (QED) is 0.654. The van der Waals surface area contributed by atoms with Crippen LogP contribution in [0.3, 0.4) is 0 Å². The van der Waals surface area contributed by atoms with Gasteiger partial charge in [0, 0.05) is 23.6 Å². The molecule has 1 amide bonds. The van der Waals surface area contributed by atoms with E-state index in [1.54, 1.807) is 60.5 Å². The molecule has 0 saturated heterocycles. The van der Waals surface area contributed by atoms with Gasteiger partial charge in [0.05, 0.1) is 13.4 Å². The Hall–Kier alpha value is -3.42. The summed E-state index contributed by atoms with van der Waals surface area (Å²) in [5.74, 6) is 0.390. The summed E-state index contributed by atoms with van der Waals surface area (Å²) in [5, 5.41) is 2.79. The van der Waals surface area contributed by atoms with E-state index in [0.717, 1.165) is 0 Å². The number of imidazole rings is 1. The van der Waals surface area contributed by atoms with Gasteiger partial charge in [-0.3, -0.25) is 4.79 Å². The van der Waals surface area contributed by atoms with Gasteiger partial charge in [-0.25, -0.2) is 4.98 Å². The lowest BCUT2D eigenvalue weighted by atomic mass is 10.0. The minimum Gasteiger partial charge on any atom is -0.497 e. The average Bonchev–Trinajstić information content (AvgIpc) is 3.23. The number of methoxy groups -OCH3 is 1. The van der Waals surface area contributed by atoms with Crippen LogP contribution in [0.2, 0.25) is 0 Å². The Morgan fingerprint density at radius 3 is 2.54 bits per heavy atom. The Morgan fingerprint density at radius 2 is 1.93 bits per heavy atom. The van der Waals surface area contributed by atoms with Gasteiger partial charge in [0.15, 0.2) is 0 Å². The van der Waals surface area contributed by atoms with Crippen LogP contribution in [0.1, 0.15) is 13.0 Å². The summed E-state index contributed by atoms with van der Waals surface area (Å²) >= 11 is 0. The van der Waals surface area contributed by atoms with Gasteiger partial charge < -0.3 is 19.4 Å². The number of halogens is 2. The van der Waals surface area contributed by atoms with Gasteiger partial charge in [0.2, 0.25) is 5.91 Å². The number of nitrogens with zero attached hydrogens (tertiary/aromatic N) is 2. The van der Waals surface area contributed by atoms with E-state index >= 15 is 0 Å². The van der Waals surface area contributed by atoms with Crippen molar-refractivity contribution < 1.29 is 23.0 Å². The minimum atomic E-state index is -2.96. The number of alkyl halides is 2. The van der Waals surface area contributed by atoms with Crippen molar-refractivity contribution in [3.8, 4) is 22.6 Å². The van der Waals surface area contributed by atoms with Gasteiger partial charge in [0.25, 0.3) is 0 Å². The van der Waals surface area contributed by atoms with Crippen LogP contribution in [-0.4, -0.2) is 29.2 Å². The monoisotopic (exact) mass is 387 g/mol. The van der Waals surface area contributed by atoms with Gasteiger partial charge in [-0.15, -0.1) is 0 Å². The van der Waals surface area contributed by atoms with E-state index in [1.165, 1.54) is 19.2 Å². The first-order valence-corrected chi connectivity index (χ1v) is 8.49. The fourth-order valence-corrected chi connectivity index (χ4v) is 2.68. The molecule has 1 aromatic heterocycles. The predicted molar refractivity (Wildman–Crippen MR) is 101 cm³/mol. The van der Waals surface area contributed by atoms with Crippen LogP contribution in [-0.2, 0) is 4.79 Å². The first-order chi connectivity index (χ1) is 13.5. The number of carbonyl (C=O) groups is 1. The molecule has 0 aliphatic carbocycles. The molecule has 8 heteroatoms. The molecule has 1 atom stereocenters. The Labute approximate surface area is 160 Å². The molecule has 0 spiro atoms. The van der Waals surface area contributed by atoms with Gasteiger partial charge in [-0.1, -0.05) is 12.1 Å². The second kappa shape index (κ2) is 8.51. The van der Waals surface area contributed by atoms with Crippen molar-refractivity contribution in [3.05, 3.63) is 61.2 Å². The molecule has 0 saturated carbocycles. The number of rotatable bonds is 7. The van der Waals surface area contributed by atoms with Crippen LogP contribution in [0.5, 0.6) is 11.5 Å². The summed E-state index contributed by atoms with van der Waals surface area (Å²) in [5.41, 5.74) is 1.54. The van der Waals surface area contributed by atoms with E-state index in [2.05, 4.69) is 15.0 Å². The van der Waals surface area contributed by atoms with E-state index in [-0.39, 0.29) is 11.7 Å². The number of hydrogen-bond acceptors (Lipinski definition) is 4. The van der Waals surface area contributed by atoms with E-state index in [1.807, 2.05) is 0 Å². The molecule has 6 nitrogen and oxygen atoms in total. The largest absolute Gasteiger partial charge is 0.497 e. The third-order valence-corrected chi connectivity index (χ3v) is 4.22. The second-order valence-corrected chi connectivity index (χ2v) is 5.99. The Kier molecular flexibility index (Phi) is 5.88. The highest BCUT2D eigenvalue weighted by atomic mass is 19.3. The molecule has 0 aliphatic rings. The molecule has 3 aromatic rings. The zero-order chi connectivity index (χ0) is 20.1. The zero-order valence-electron chi connectivity index (χ0n) is 15.3. The number of ether oxygens (including phenoxy) is 2. The number of benzene rings is 2. The van der Waals surface area contributed by atoms with Crippen LogP contribution in [0.4, 0.5) is 14.5 Å². The van der Waals surface area contributed by atoms with Crippen LogP contribution >= 0.6 is 0 Å². The number of hydrogen-bond donors (Lipinski definition) is 1. The lowest BCUT2D eigenvalue weighted by molar-refractivity contribution is -0.118. The van der Waals surface area contributed by atoms with E-state index in [9.17, 15) is 13.6 Å². The van der Waals surface area contributed by atoms with Crippen molar-refractivity contribution in [1.82, 2.24) is 9.55 Å². The van der Waals surface area contributed by atoms with Crippen LogP contribution in [0.25, 0.3) is 11.1 Å². The Morgan fingerprint density at radius 1 is 1.18 bits per heavy atom. The number of aromatic nitrogens is 2. The van der Waals surface area contributed by atoms with Crippen LogP contribution in [0.15, 0.2) is 61.2 Å². The first kappa shape index (κ1) is 19.3. The molecule has 28 heavy (non-hydrogen) atoms. The van der Waals surface area contributed by atoms with Crippen molar-refractivity contribution in [3.63, 3.8) is 0 Å². The minimum absolute atomic E-state index is 0.0147. The topological polar surface area (TPSA) is 65.4 Å². The van der Waals surface area contributed by atoms with Crippen molar-refractivity contribution >= 4 is 11.6 Å². The lowest BCUT2D eigenvalue weighted by Gasteiger charge is -2.16. The third-order valence-electron chi connectivity index (χ3n) is 4.22. The highest BCUT2D eigenvalue weighted by molar-refractivity contribution is 5.94. The van der Waals surface area contributed by atoms with E-state index < -0.39 is 12.7 Å². The molecule has 1 heterocycles. The average molecular weight is 387 g/mol. The molecule has 1 N–H and O–H groups in total. The maximum atomic E-state index is 12.8. The Bertz CT molecular complexity index is 928. The number of anilines is 1. The van der Waals surface area contributed by atoms with E-state index in [4.69, 9.17) is 4.74 Å². The molecular weight excluding hydrogens is 368 g/mol. The SMILES string of the molecule is COc1ccc(-c2cc(NC(=O)C(C)n3ccnc3)ccc2OC(F)F)cc1. The fraction of sp³-hybridized carbons (Fsp3) is 0.200. The van der Waals surface area contributed by atoms with Crippen molar-refractivity contribution in [1.29, 1.82) is 0 Å². The molecule has 0 fully saturated rings. The summed E-state index contributed by atoms with van der Waals surface area (Å²) in [7, 11) is 1.54. The van der Waals surface area contributed by atoms with Gasteiger partial charge >= 0.3 is 6.61 Å². The smallest absolute Gasteiger partial charge is 0.387 e. The predicted octanol–water partition coefficient (Wildman–Crippen LogP) is 4.36. The van der Waals surface area contributed by atoms with Crippen molar-refractivity contribution in [2.75, 3.05) is 12.4 Å². The summed E-state index contributed by atoms with van der Waals surface area (Å²) < 4.78 is 37.0. The maximum absolute atomic E-state index is 12.8. The highest BCUT2D eigenvalue weighted by Crippen LogP contribution is 2.34. The number of amides is 1. The molecular formula is C20H19F2N3O3. The van der Waals surface area contributed by atoms with Crippen molar-refractivity contribution in [2.24, 2.45) is 0 Å². The summed E-state index contributed by atoms with van der Waals surface area (Å²) in [6, 6.07) is 10.9. The molecule has 3 rings (SSSR count). The molecule has 1 unspecified atom stereocenters. The molecule has 0 radical (unpaired) electrons. The van der Waals surface area contributed by atoms with Gasteiger partial charge in [-0.2, -0.15) is 8.78 Å². The van der Waals surface area contributed by atoms with Gasteiger partial charge in [0.1, 0.15) is 17.5 Å². The number of nitrogens with one attached hydrogen (secondary N) is 1. The summed E-state index contributed by atoms with van der Waals surface area (Å²) in [6.45, 7) is -1.23. The van der Waals surface area contributed by atoms with Crippen LogP contribution < -0.4 is 14.8 Å². The molecule has 2 aromatic carbocycles. The molecule has 0 bridgehead atoms. The van der Waals surface area contributed by atoms with Crippen molar-refractivity contribution in [2.45, 2.75) is 19.6 Å². The first-order valence-electron chi connectivity index (χ1n) is 8.49. The second-order valence-electron chi connectivity index (χ2n) is 5.99. The fourth-order valence-electron chi connectivity index (χ4n) is 2.68. The highest BCUT2D eigenvalue weighted by Gasteiger charge is 2.17. The summed E-state index contributed by atoms with van der Waals surface area (Å²) in [6.07, 6.45) is 4.82. The third kappa shape index (κ3) is 4.46. The van der Waals surface area contributed by atoms with Gasteiger partial charge in [-0.05, 0) is 42.8 Å². The van der Waals surface area contributed by atoms with Crippen LogP contribution in [0, 0.1) is 0 Å².